The molecule has 0 aliphatic carbocycles. The summed E-state index contributed by atoms with van der Waals surface area (Å²) in [4.78, 5) is 17.0. The largest absolute Gasteiger partial charge is 0.385 e. The van der Waals surface area contributed by atoms with Crippen LogP contribution in [0, 0.1) is 0 Å². The second kappa shape index (κ2) is 13.4. The highest BCUT2D eigenvalue weighted by molar-refractivity contribution is 6.08. The van der Waals surface area contributed by atoms with E-state index < -0.39 is 0 Å². The Labute approximate surface area is 197 Å². The first-order valence-electron chi connectivity index (χ1n) is 12.1. The monoisotopic (exact) mass is 447 g/mol. The third-order valence-electron chi connectivity index (χ3n) is 5.84. The summed E-state index contributed by atoms with van der Waals surface area (Å²) in [6.45, 7) is 1.75. The summed E-state index contributed by atoms with van der Waals surface area (Å²) in [5.41, 5.74) is 9.65. The Balaban J connectivity index is 1.63. The molecule has 6 nitrogen and oxygen atoms in total. The molecule has 1 amide bonds. The molecule has 6 heteroatoms. The number of nitrogens with two attached hydrogens (primary N) is 1. The Morgan fingerprint density at radius 1 is 0.879 bits per heavy atom. The summed E-state index contributed by atoms with van der Waals surface area (Å²) in [5, 5.41) is 10.6. The van der Waals surface area contributed by atoms with Gasteiger partial charge in [-0.3, -0.25) is 9.78 Å². The minimum Gasteiger partial charge on any atom is -0.385 e. The van der Waals surface area contributed by atoms with Crippen LogP contribution in [0.4, 0.5) is 17.1 Å². The van der Waals surface area contributed by atoms with E-state index in [1.54, 1.807) is 13.2 Å². The third-order valence-corrected chi connectivity index (χ3v) is 5.84. The Hall–Kier alpha value is -3.12. The van der Waals surface area contributed by atoms with Crippen molar-refractivity contribution in [3.8, 4) is 0 Å². The van der Waals surface area contributed by atoms with Gasteiger partial charge in [-0.25, -0.2) is 0 Å². The fourth-order valence-corrected chi connectivity index (χ4v) is 3.97. The van der Waals surface area contributed by atoms with Crippen LogP contribution in [0.1, 0.15) is 61.7 Å². The molecule has 0 spiro atoms. The molecule has 3 rings (SSSR count). The normalized spacial score (nSPS) is 10.8. The summed E-state index contributed by atoms with van der Waals surface area (Å²) in [6.07, 6.45) is 11.6. The predicted molar refractivity (Wildman–Crippen MR) is 139 cm³/mol. The number of hydrogen-bond donors (Lipinski definition) is 4. The number of amides is 1. The van der Waals surface area contributed by atoms with Gasteiger partial charge < -0.3 is 21.7 Å². The molecule has 5 N–H and O–H groups in total. The number of aromatic nitrogens is 1. The van der Waals surface area contributed by atoms with Gasteiger partial charge in [0.15, 0.2) is 0 Å². The van der Waals surface area contributed by atoms with E-state index in [1.807, 2.05) is 36.4 Å². The van der Waals surface area contributed by atoms with Gasteiger partial charge in [0.1, 0.15) is 0 Å². The van der Waals surface area contributed by atoms with Crippen molar-refractivity contribution in [2.24, 2.45) is 5.73 Å². The van der Waals surface area contributed by atoms with Crippen LogP contribution < -0.4 is 21.7 Å². The molecule has 0 bridgehead atoms. The number of carbonyl (C=O) groups excluding carboxylic acids is 1. The Kier molecular flexibility index (Phi) is 9.98. The minimum atomic E-state index is -0.163. The van der Waals surface area contributed by atoms with E-state index in [4.69, 9.17) is 5.73 Å². The molecule has 2 aromatic carbocycles. The number of carbonyl (C=O) groups is 1. The number of nitrogens with zero attached hydrogens (tertiary/aromatic N) is 1. The van der Waals surface area contributed by atoms with Gasteiger partial charge in [0.25, 0.3) is 5.91 Å². The molecule has 0 radical (unpaired) electrons. The molecular weight excluding hydrogens is 410 g/mol. The summed E-state index contributed by atoms with van der Waals surface area (Å²) in [5.74, 6) is -0.163. The fraction of sp³-hybridized carbons (Fsp3) is 0.407. The predicted octanol–water partition coefficient (Wildman–Crippen LogP) is 5.83. The van der Waals surface area contributed by atoms with Gasteiger partial charge in [-0.2, -0.15) is 0 Å². The molecule has 3 aromatic rings. The first-order chi connectivity index (χ1) is 16.2. The topological polar surface area (TPSA) is 92.1 Å². The standard InChI is InChI=1S/C27H37N5O/c1-29-27(33)24-20-31-25-16-15-22(30-18-12-7-5-3-2-4-6-11-17-28)19-23(25)26(24)32-21-13-9-8-10-14-21/h8-10,13-16,19-20,30H,2-7,11-12,17-18,28H2,1H3,(H,29,33)(H,31,32). The number of unbranched alkanes of at least 4 members (excludes halogenated alkanes) is 7. The van der Waals surface area contributed by atoms with Crippen molar-refractivity contribution < 1.29 is 4.79 Å². The number of fused-ring (bicyclic) bond motifs is 1. The van der Waals surface area contributed by atoms with Gasteiger partial charge in [0.05, 0.1) is 16.8 Å². The highest BCUT2D eigenvalue weighted by Gasteiger charge is 2.15. The molecule has 0 unspecified atom stereocenters. The average Bonchev–Trinajstić information content (AvgIpc) is 2.85. The van der Waals surface area contributed by atoms with Crippen molar-refractivity contribution in [1.29, 1.82) is 0 Å². The molecule has 0 fully saturated rings. The molecule has 1 aromatic heterocycles. The smallest absolute Gasteiger partial charge is 0.254 e. The third kappa shape index (κ3) is 7.46. The van der Waals surface area contributed by atoms with Crippen molar-refractivity contribution in [2.75, 3.05) is 30.8 Å². The maximum atomic E-state index is 12.5. The molecule has 33 heavy (non-hydrogen) atoms. The lowest BCUT2D eigenvalue weighted by Gasteiger charge is -2.15. The van der Waals surface area contributed by atoms with E-state index in [1.165, 1.54) is 38.5 Å². The Morgan fingerprint density at radius 3 is 2.27 bits per heavy atom. The first-order valence-corrected chi connectivity index (χ1v) is 12.1. The maximum absolute atomic E-state index is 12.5. The Bertz CT molecular complexity index is 1010. The van der Waals surface area contributed by atoms with Crippen LogP contribution in [0.5, 0.6) is 0 Å². The number of anilines is 3. The van der Waals surface area contributed by atoms with Crippen LogP contribution in [0.2, 0.25) is 0 Å². The van der Waals surface area contributed by atoms with E-state index in [2.05, 4.69) is 33.1 Å². The number of hydrogen-bond acceptors (Lipinski definition) is 5. The van der Waals surface area contributed by atoms with Crippen molar-refractivity contribution in [3.63, 3.8) is 0 Å². The van der Waals surface area contributed by atoms with Crippen molar-refractivity contribution in [1.82, 2.24) is 10.3 Å². The van der Waals surface area contributed by atoms with Crippen LogP contribution in [0.3, 0.4) is 0 Å². The number of benzene rings is 2. The van der Waals surface area contributed by atoms with Crippen LogP contribution in [-0.4, -0.2) is 31.0 Å². The minimum absolute atomic E-state index is 0.163. The molecule has 176 valence electrons. The van der Waals surface area contributed by atoms with Gasteiger partial charge in [-0.1, -0.05) is 56.7 Å². The second-order valence-electron chi connectivity index (χ2n) is 8.39. The lowest BCUT2D eigenvalue weighted by Crippen LogP contribution is -2.19. The molecule has 0 atom stereocenters. The molecule has 1 heterocycles. The summed E-state index contributed by atoms with van der Waals surface area (Å²) < 4.78 is 0. The van der Waals surface area contributed by atoms with Crippen LogP contribution in [0.15, 0.2) is 54.7 Å². The number of pyridine rings is 1. The quantitative estimate of drug-likeness (QED) is 0.233. The van der Waals surface area contributed by atoms with Crippen molar-refractivity contribution in [2.45, 2.75) is 51.4 Å². The lowest BCUT2D eigenvalue weighted by molar-refractivity contribution is 0.0963. The molecule has 0 aliphatic rings. The van der Waals surface area contributed by atoms with Gasteiger partial charge in [-0.05, 0) is 49.7 Å². The van der Waals surface area contributed by atoms with Crippen LogP contribution >= 0.6 is 0 Å². The van der Waals surface area contributed by atoms with E-state index in [0.717, 1.165) is 53.9 Å². The number of para-hydroxylation sites is 1. The van der Waals surface area contributed by atoms with Crippen LogP contribution in [-0.2, 0) is 0 Å². The van der Waals surface area contributed by atoms with E-state index in [-0.39, 0.29) is 5.91 Å². The Morgan fingerprint density at radius 2 is 1.58 bits per heavy atom. The fourth-order valence-electron chi connectivity index (χ4n) is 3.97. The molecule has 0 saturated carbocycles. The first kappa shape index (κ1) is 24.5. The van der Waals surface area contributed by atoms with E-state index in [9.17, 15) is 4.79 Å². The maximum Gasteiger partial charge on any atom is 0.254 e. The van der Waals surface area contributed by atoms with Crippen molar-refractivity contribution >= 4 is 33.9 Å². The average molecular weight is 448 g/mol. The highest BCUT2D eigenvalue weighted by Crippen LogP contribution is 2.31. The summed E-state index contributed by atoms with van der Waals surface area (Å²) in [6, 6.07) is 16.0. The molecule has 0 saturated heterocycles. The molecular formula is C27H37N5O. The zero-order valence-corrected chi connectivity index (χ0v) is 19.7. The SMILES string of the molecule is CNC(=O)c1cnc2ccc(NCCCCCCCCCCN)cc2c1Nc1ccccc1. The second-order valence-corrected chi connectivity index (χ2v) is 8.39. The zero-order chi connectivity index (χ0) is 23.3. The van der Waals surface area contributed by atoms with Crippen molar-refractivity contribution in [3.05, 3.63) is 60.3 Å². The number of rotatable bonds is 14. The molecule has 0 aliphatic heterocycles. The highest BCUT2D eigenvalue weighted by atomic mass is 16.1. The number of nitrogens with one attached hydrogen (secondary N) is 3. The van der Waals surface area contributed by atoms with Gasteiger partial charge >= 0.3 is 0 Å². The lowest BCUT2D eigenvalue weighted by atomic mass is 10.1. The van der Waals surface area contributed by atoms with Gasteiger partial charge in [0.2, 0.25) is 0 Å². The van der Waals surface area contributed by atoms with Gasteiger partial charge in [-0.15, -0.1) is 0 Å². The van der Waals surface area contributed by atoms with E-state index in [0.29, 0.717) is 5.56 Å². The summed E-state index contributed by atoms with van der Waals surface area (Å²) >= 11 is 0. The van der Waals surface area contributed by atoms with Gasteiger partial charge in [0, 0.05) is 36.6 Å². The summed E-state index contributed by atoms with van der Waals surface area (Å²) in [7, 11) is 1.64. The van der Waals surface area contributed by atoms with E-state index >= 15 is 0 Å². The van der Waals surface area contributed by atoms with Crippen LogP contribution in [0.25, 0.3) is 10.9 Å². The zero-order valence-electron chi connectivity index (χ0n) is 19.7.